The van der Waals surface area contributed by atoms with E-state index in [9.17, 15) is 4.79 Å². The van der Waals surface area contributed by atoms with Crippen LogP contribution in [0.1, 0.15) is 43.7 Å². The first-order valence-corrected chi connectivity index (χ1v) is 8.79. The van der Waals surface area contributed by atoms with E-state index in [0.29, 0.717) is 5.25 Å². The highest BCUT2D eigenvalue weighted by molar-refractivity contribution is 8.00. The number of nitrogens with zero attached hydrogens (tertiary/aromatic N) is 2. The molecule has 0 aliphatic carbocycles. The molecule has 0 bridgehead atoms. The quantitative estimate of drug-likeness (QED) is 0.928. The van der Waals surface area contributed by atoms with Gasteiger partial charge >= 0.3 is 0 Å². The van der Waals surface area contributed by atoms with Crippen molar-refractivity contribution in [1.29, 1.82) is 0 Å². The Balaban J connectivity index is 2.27. The smallest absolute Gasteiger partial charge is 0.254 e. The van der Waals surface area contributed by atoms with Gasteiger partial charge < -0.3 is 10.2 Å². The standard InChI is InChI=1S/C16H25N3OS/c1-5-14-9-13(10-15(18-14)17-6-2)16(20)19-7-8-21-12(4)11(19)3/h9-12H,5-8H2,1-4H3,(H,17,18). The SMILES string of the molecule is CCNc1cc(C(=O)N2CCSC(C)C2C)cc(CC)n1. The summed E-state index contributed by atoms with van der Waals surface area (Å²) in [5.41, 5.74) is 1.72. The van der Waals surface area contributed by atoms with Gasteiger partial charge in [-0.05, 0) is 32.4 Å². The van der Waals surface area contributed by atoms with Crippen LogP contribution >= 0.6 is 11.8 Å². The van der Waals surface area contributed by atoms with Gasteiger partial charge in [-0.2, -0.15) is 11.8 Å². The van der Waals surface area contributed by atoms with Crippen LogP contribution in [0.15, 0.2) is 12.1 Å². The van der Waals surface area contributed by atoms with E-state index in [4.69, 9.17) is 0 Å². The number of rotatable bonds is 4. The Morgan fingerprint density at radius 2 is 2.19 bits per heavy atom. The van der Waals surface area contributed by atoms with Gasteiger partial charge in [-0.1, -0.05) is 13.8 Å². The monoisotopic (exact) mass is 307 g/mol. The van der Waals surface area contributed by atoms with Crippen molar-refractivity contribution in [3.05, 3.63) is 23.4 Å². The summed E-state index contributed by atoms with van der Waals surface area (Å²) in [7, 11) is 0. The molecule has 0 aromatic carbocycles. The second-order valence-corrected chi connectivity index (χ2v) is 6.92. The predicted octanol–water partition coefficient (Wildman–Crippen LogP) is 3.04. The van der Waals surface area contributed by atoms with Crippen molar-refractivity contribution < 1.29 is 4.79 Å². The highest BCUT2D eigenvalue weighted by Crippen LogP contribution is 2.26. The lowest BCUT2D eigenvalue weighted by atomic mass is 10.1. The lowest BCUT2D eigenvalue weighted by molar-refractivity contribution is 0.0698. The third-order valence-electron chi connectivity index (χ3n) is 3.99. The van der Waals surface area contributed by atoms with Crippen molar-refractivity contribution in [3.8, 4) is 0 Å². The van der Waals surface area contributed by atoms with E-state index >= 15 is 0 Å². The molecule has 0 radical (unpaired) electrons. The molecule has 116 valence electrons. The zero-order valence-electron chi connectivity index (χ0n) is 13.3. The Kier molecular flexibility index (Phi) is 5.51. The van der Waals surface area contributed by atoms with Gasteiger partial charge in [0.1, 0.15) is 5.82 Å². The first-order chi connectivity index (χ1) is 10.1. The van der Waals surface area contributed by atoms with Gasteiger partial charge in [0.15, 0.2) is 0 Å². The van der Waals surface area contributed by atoms with Gasteiger partial charge in [-0.25, -0.2) is 4.98 Å². The summed E-state index contributed by atoms with van der Waals surface area (Å²) in [6.07, 6.45) is 0.835. The first-order valence-electron chi connectivity index (χ1n) is 7.74. The Morgan fingerprint density at radius 1 is 1.43 bits per heavy atom. The third kappa shape index (κ3) is 3.70. The number of anilines is 1. The molecule has 1 aromatic rings. The average Bonchev–Trinajstić information content (AvgIpc) is 2.49. The molecule has 2 unspecified atom stereocenters. The zero-order valence-corrected chi connectivity index (χ0v) is 14.2. The van der Waals surface area contributed by atoms with E-state index in [2.05, 4.69) is 31.1 Å². The van der Waals surface area contributed by atoms with E-state index in [1.165, 1.54) is 0 Å². The van der Waals surface area contributed by atoms with E-state index < -0.39 is 0 Å². The fourth-order valence-corrected chi connectivity index (χ4v) is 3.65. The second kappa shape index (κ2) is 7.16. The molecular weight excluding hydrogens is 282 g/mol. The van der Waals surface area contributed by atoms with Crippen molar-refractivity contribution in [1.82, 2.24) is 9.88 Å². The topological polar surface area (TPSA) is 45.2 Å². The van der Waals surface area contributed by atoms with Gasteiger partial charge in [0.05, 0.1) is 0 Å². The van der Waals surface area contributed by atoms with E-state index in [1.54, 1.807) is 0 Å². The van der Waals surface area contributed by atoms with E-state index in [-0.39, 0.29) is 11.9 Å². The molecule has 1 fully saturated rings. The highest BCUT2D eigenvalue weighted by atomic mass is 32.2. The Labute approximate surface area is 131 Å². The number of nitrogens with one attached hydrogen (secondary N) is 1. The van der Waals surface area contributed by atoms with Crippen LogP contribution < -0.4 is 5.32 Å². The van der Waals surface area contributed by atoms with Crippen molar-refractivity contribution in [2.24, 2.45) is 0 Å². The highest BCUT2D eigenvalue weighted by Gasteiger charge is 2.29. The summed E-state index contributed by atoms with van der Waals surface area (Å²) in [4.78, 5) is 19.4. The van der Waals surface area contributed by atoms with Gasteiger partial charge in [-0.3, -0.25) is 4.79 Å². The Hall–Kier alpha value is -1.23. The first kappa shape index (κ1) is 16.1. The fraction of sp³-hybridized carbons (Fsp3) is 0.625. The number of carbonyl (C=O) groups is 1. The molecule has 1 aliphatic rings. The molecule has 1 N–H and O–H groups in total. The fourth-order valence-electron chi connectivity index (χ4n) is 2.55. The molecule has 2 atom stereocenters. The van der Waals surface area contributed by atoms with Crippen molar-refractivity contribution in [3.63, 3.8) is 0 Å². The summed E-state index contributed by atoms with van der Waals surface area (Å²) in [5, 5.41) is 3.70. The molecule has 1 amide bonds. The number of carbonyl (C=O) groups excluding carboxylic acids is 1. The van der Waals surface area contributed by atoms with Crippen molar-refractivity contribution in [2.45, 2.75) is 45.4 Å². The summed E-state index contributed by atoms with van der Waals surface area (Å²) in [6.45, 7) is 10.1. The second-order valence-electron chi connectivity index (χ2n) is 5.43. The molecule has 2 rings (SSSR count). The Bertz CT molecular complexity index is 506. The Morgan fingerprint density at radius 3 is 2.86 bits per heavy atom. The molecule has 1 saturated heterocycles. The summed E-state index contributed by atoms with van der Waals surface area (Å²) in [6, 6.07) is 4.09. The van der Waals surface area contributed by atoms with Crippen LogP contribution in [0.25, 0.3) is 0 Å². The largest absolute Gasteiger partial charge is 0.370 e. The summed E-state index contributed by atoms with van der Waals surface area (Å²) >= 11 is 1.94. The minimum atomic E-state index is 0.130. The van der Waals surface area contributed by atoms with Crippen LogP contribution in [-0.4, -0.2) is 45.9 Å². The van der Waals surface area contributed by atoms with Gasteiger partial charge in [0.25, 0.3) is 5.91 Å². The van der Waals surface area contributed by atoms with Gasteiger partial charge in [-0.15, -0.1) is 0 Å². The van der Waals surface area contributed by atoms with E-state index in [0.717, 1.165) is 42.3 Å². The molecular formula is C16H25N3OS. The van der Waals surface area contributed by atoms with Gasteiger partial charge in [0, 0.05) is 41.4 Å². The summed E-state index contributed by atoms with van der Waals surface area (Å²) < 4.78 is 0. The number of thioether (sulfide) groups is 1. The maximum Gasteiger partial charge on any atom is 0.254 e. The number of hydrogen-bond donors (Lipinski definition) is 1. The number of hydrogen-bond acceptors (Lipinski definition) is 4. The number of aromatic nitrogens is 1. The average molecular weight is 307 g/mol. The molecule has 2 heterocycles. The molecule has 5 heteroatoms. The van der Waals surface area contributed by atoms with Gasteiger partial charge in [0.2, 0.25) is 0 Å². The minimum Gasteiger partial charge on any atom is -0.370 e. The van der Waals surface area contributed by atoms with Crippen LogP contribution in [0.3, 0.4) is 0 Å². The van der Waals surface area contributed by atoms with Crippen LogP contribution in [0.4, 0.5) is 5.82 Å². The normalized spacial score (nSPS) is 22.2. The molecule has 21 heavy (non-hydrogen) atoms. The van der Waals surface area contributed by atoms with Crippen LogP contribution in [0.5, 0.6) is 0 Å². The van der Waals surface area contributed by atoms with Crippen LogP contribution in [0.2, 0.25) is 0 Å². The predicted molar refractivity (Wildman–Crippen MR) is 90.2 cm³/mol. The number of aryl methyl sites for hydroxylation is 1. The van der Waals surface area contributed by atoms with Crippen LogP contribution in [-0.2, 0) is 6.42 Å². The minimum absolute atomic E-state index is 0.130. The lowest BCUT2D eigenvalue weighted by Gasteiger charge is -2.37. The van der Waals surface area contributed by atoms with E-state index in [1.807, 2.05) is 35.7 Å². The molecule has 4 nitrogen and oxygen atoms in total. The molecule has 1 aliphatic heterocycles. The molecule has 0 saturated carbocycles. The maximum atomic E-state index is 12.8. The third-order valence-corrected chi connectivity index (χ3v) is 5.33. The van der Waals surface area contributed by atoms with Crippen molar-refractivity contribution in [2.75, 3.05) is 24.2 Å². The number of pyridine rings is 1. The maximum absolute atomic E-state index is 12.8. The summed E-state index contributed by atoms with van der Waals surface area (Å²) in [5.74, 6) is 1.95. The molecule has 0 spiro atoms. The molecule has 1 aromatic heterocycles. The number of amides is 1. The zero-order chi connectivity index (χ0) is 15.4. The lowest BCUT2D eigenvalue weighted by Crippen LogP contribution is -2.48. The van der Waals surface area contributed by atoms with Crippen LogP contribution in [0, 0.1) is 0 Å². The van der Waals surface area contributed by atoms with Crippen molar-refractivity contribution >= 4 is 23.5 Å².